The number of nitrogens with zero attached hydrogens (tertiary/aromatic N) is 2. The fourth-order valence-corrected chi connectivity index (χ4v) is 2.88. The van der Waals surface area contributed by atoms with E-state index in [4.69, 9.17) is 11.6 Å². The highest BCUT2D eigenvalue weighted by atomic mass is 35.5. The van der Waals surface area contributed by atoms with E-state index in [2.05, 4.69) is 27.9 Å². The summed E-state index contributed by atoms with van der Waals surface area (Å²) in [6.07, 6.45) is 2.35. The van der Waals surface area contributed by atoms with Gasteiger partial charge in [0.25, 0.3) is 0 Å². The molecule has 0 saturated carbocycles. The van der Waals surface area contributed by atoms with E-state index in [1.807, 2.05) is 12.1 Å². The van der Waals surface area contributed by atoms with Crippen molar-refractivity contribution >= 4 is 22.6 Å². The van der Waals surface area contributed by atoms with Gasteiger partial charge in [-0.25, -0.2) is 4.98 Å². The Hall–Kier alpha value is -1.06. The second kappa shape index (κ2) is 4.31. The lowest BCUT2D eigenvalue weighted by atomic mass is 10.1. The van der Waals surface area contributed by atoms with Crippen molar-refractivity contribution in [1.82, 2.24) is 14.9 Å². The zero-order valence-corrected chi connectivity index (χ0v) is 10.7. The van der Waals surface area contributed by atoms with Crippen molar-refractivity contribution in [2.24, 2.45) is 0 Å². The van der Waals surface area contributed by atoms with Gasteiger partial charge in [-0.05, 0) is 51.1 Å². The molecule has 2 aromatic rings. The van der Waals surface area contributed by atoms with E-state index in [0.29, 0.717) is 6.04 Å². The Morgan fingerprint density at radius 1 is 1.35 bits per heavy atom. The number of nitrogens with one attached hydrogen (secondary N) is 1. The van der Waals surface area contributed by atoms with Crippen LogP contribution in [0.5, 0.6) is 0 Å². The van der Waals surface area contributed by atoms with E-state index in [0.717, 1.165) is 29.5 Å². The quantitative estimate of drug-likeness (QED) is 0.842. The molecule has 1 saturated heterocycles. The minimum absolute atomic E-state index is 0.572. The molecule has 1 aromatic heterocycles. The molecule has 1 fully saturated rings. The maximum Gasteiger partial charge on any atom is 0.106 e. The van der Waals surface area contributed by atoms with E-state index >= 15 is 0 Å². The van der Waals surface area contributed by atoms with Crippen molar-refractivity contribution in [2.45, 2.75) is 25.8 Å². The van der Waals surface area contributed by atoms with Gasteiger partial charge >= 0.3 is 0 Å². The fraction of sp³-hybridized carbons (Fsp3) is 0.462. The first kappa shape index (κ1) is 11.1. The second-order valence-electron chi connectivity index (χ2n) is 4.64. The third kappa shape index (κ3) is 1.94. The van der Waals surface area contributed by atoms with Crippen LogP contribution < -0.4 is 5.32 Å². The van der Waals surface area contributed by atoms with Crippen LogP contribution in [0.3, 0.4) is 0 Å². The van der Waals surface area contributed by atoms with Gasteiger partial charge in [-0.2, -0.15) is 0 Å². The molecule has 90 valence electrons. The molecule has 4 heteroatoms. The Balaban J connectivity index is 2.11. The first-order chi connectivity index (χ1) is 8.25. The summed E-state index contributed by atoms with van der Waals surface area (Å²) in [5.74, 6) is 1.09. The molecule has 1 aliphatic heterocycles. The van der Waals surface area contributed by atoms with Gasteiger partial charge < -0.3 is 9.88 Å². The molecular formula is C13H16ClN3. The maximum absolute atomic E-state index is 6.01. The maximum atomic E-state index is 6.01. The predicted octanol–water partition coefficient (Wildman–Crippen LogP) is 2.92. The Morgan fingerprint density at radius 2 is 2.12 bits per heavy atom. The van der Waals surface area contributed by atoms with Crippen LogP contribution in [0.2, 0.25) is 5.02 Å². The van der Waals surface area contributed by atoms with Crippen molar-refractivity contribution in [1.29, 1.82) is 0 Å². The number of hydrogen-bond acceptors (Lipinski definition) is 2. The molecular weight excluding hydrogens is 234 g/mol. The Labute approximate surface area is 106 Å². The van der Waals surface area contributed by atoms with E-state index < -0.39 is 0 Å². The molecule has 3 rings (SSSR count). The minimum atomic E-state index is 0.572. The predicted molar refractivity (Wildman–Crippen MR) is 70.6 cm³/mol. The van der Waals surface area contributed by atoms with Gasteiger partial charge in [0.15, 0.2) is 0 Å². The summed E-state index contributed by atoms with van der Waals surface area (Å²) in [7, 11) is 0. The minimum Gasteiger partial charge on any atom is -0.325 e. The van der Waals surface area contributed by atoms with Gasteiger partial charge in [-0.1, -0.05) is 11.6 Å². The van der Waals surface area contributed by atoms with Gasteiger partial charge in [0.2, 0.25) is 0 Å². The summed E-state index contributed by atoms with van der Waals surface area (Å²) < 4.78 is 2.37. The van der Waals surface area contributed by atoms with Crippen molar-refractivity contribution in [2.75, 3.05) is 13.1 Å². The molecule has 0 radical (unpaired) electrons. The lowest BCUT2D eigenvalue weighted by molar-refractivity contribution is 0.370. The molecule has 3 nitrogen and oxygen atoms in total. The van der Waals surface area contributed by atoms with Gasteiger partial charge in [0.1, 0.15) is 5.82 Å². The highest BCUT2D eigenvalue weighted by Crippen LogP contribution is 2.27. The van der Waals surface area contributed by atoms with E-state index in [9.17, 15) is 0 Å². The highest BCUT2D eigenvalue weighted by Gasteiger charge is 2.19. The molecule has 1 aliphatic rings. The Morgan fingerprint density at radius 3 is 2.88 bits per heavy atom. The summed E-state index contributed by atoms with van der Waals surface area (Å²) in [6, 6.07) is 6.55. The number of imidazole rings is 1. The molecule has 0 bridgehead atoms. The summed E-state index contributed by atoms with van der Waals surface area (Å²) in [5.41, 5.74) is 2.22. The summed E-state index contributed by atoms with van der Waals surface area (Å²) in [6.45, 7) is 4.27. The van der Waals surface area contributed by atoms with Crippen LogP contribution >= 0.6 is 11.6 Å². The van der Waals surface area contributed by atoms with Gasteiger partial charge in [-0.15, -0.1) is 0 Å². The Bertz CT molecular complexity index is 541. The van der Waals surface area contributed by atoms with Gasteiger partial charge in [0.05, 0.1) is 11.0 Å². The van der Waals surface area contributed by atoms with Crippen LogP contribution in [-0.2, 0) is 0 Å². The molecule has 0 aliphatic carbocycles. The van der Waals surface area contributed by atoms with Crippen LogP contribution in [0.15, 0.2) is 18.2 Å². The van der Waals surface area contributed by atoms with Crippen LogP contribution in [0.1, 0.15) is 24.7 Å². The molecule has 1 aromatic carbocycles. The van der Waals surface area contributed by atoms with Crippen molar-refractivity contribution in [3.05, 3.63) is 29.0 Å². The lowest BCUT2D eigenvalue weighted by Crippen LogP contribution is -2.29. The summed E-state index contributed by atoms with van der Waals surface area (Å²) in [5, 5.41) is 4.16. The fourth-order valence-electron chi connectivity index (χ4n) is 2.72. The zero-order chi connectivity index (χ0) is 11.8. The second-order valence-corrected chi connectivity index (χ2v) is 5.08. The first-order valence-electron chi connectivity index (χ1n) is 6.10. The molecule has 0 unspecified atom stereocenters. The topological polar surface area (TPSA) is 29.9 Å². The number of hydrogen-bond donors (Lipinski definition) is 1. The normalized spacial score (nSPS) is 17.8. The van der Waals surface area contributed by atoms with Crippen LogP contribution in [0.25, 0.3) is 11.0 Å². The third-order valence-electron chi connectivity index (χ3n) is 3.50. The molecule has 1 N–H and O–H groups in total. The van der Waals surface area contributed by atoms with E-state index in [1.54, 1.807) is 0 Å². The number of halogens is 1. The number of rotatable bonds is 1. The number of fused-ring (bicyclic) bond motifs is 1. The van der Waals surface area contributed by atoms with Crippen LogP contribution in [0.4, 0.5) is 0 Å². The first-order valence-corrected chi connectivity index (χ1v) is 6.48. The molecule has 17 heavy (non-hydrogen) atoms. The smallest absolute Gasteiger partial charge is 0.106 e. The highest BCUT2D eigenvalue weighted by molar-refractivity contribution is 6.31. The average molecular weight is 250 g/mol. The van der Waals surface area contributed by atoms with Gasteiger partial charge in [0, 0.05) is 11.1 Å². The third-order valence-corrected chi connectivity index (χ3v) is 3.74. The number of piperidine rings is 1. The monoisotopic (exact) mass is 249 g/mol. The molecule has 0 atom stereocenters. The number of aromatic nitrogens is 2. The Kier molecular flexibility index (Phi) is 2.81. The zero-order valence-electron chi connectivity index (χ0n) is 9.91. The molecule has 2 heterocycles. The number of aryl methyl sites for hydroxylation is 1. The van der Waals surface area contributed by atoms with E-state index in [1.165, 1.54) is 18.4 Å². The average Bonchev–Trinajstić information content (AvgIpc) is 2.65. The summed E-state index contributed by atoms with van der Waals surface area (Å²) in [4.78, 5) is 4.61. The molecule has 0 amide bonds. The van der Waals surface area contributed by atoms with Gasteiger partial charge in [-0.3, -0.25) is 0 Å². The van der Waals surface area contributed by atoms with Crippen molar-refractivity contribution in [3.8, 4) is 0 Å². The van der Waals surface area contributed by atoms with Crippen molar-refractivity contribution < 1.29 is 0 Å². The standard InChI is InChI=1S/C13H16ClN3/c1-9-16-12-8-10(14)2-3-13(12)17(9)11-4-6-15-7-5-11/h2-3,8,11,15H,4-7H2,1H3. The lowest BCUT2D eigenvalue weighted by Gasteiger charge is -2.25. The SMILES string of the molecule is Cc1nc2cc(Cl)ccc2n1C1CCNCC1. The van der Waals surface area contributed by atoms with Crippen LogP contribution in [0, 0.1) is 6.92 Å². The van der Waals surface area contributed by atoms with Crippen LogP contribution in [-0.4, -0.2) is 22.6 Å². The van der Waals surface area contributed by atoms with Crippen molar-refractivity contribution in [3.63, 3.8) is 0 Å². The molecule has 0 spiro atoms. The largest absolute Gasteiger partial charge is 0.325 e. The van der Waals surface area contributed by atoms with E-state index in [-0.39, 0.29) is 0 Å². The number of benzene rings is 1. The summed E-state index contributed by atoms with van der Waals surface area (Å²) >= 11 is 6.01.